The number of hydrogen-bond acceptors (Lipinski definition) is 6. The van der Waals surface area contributed by atoms with Crippen LogP contribution in [0.3, 0.4) is 0 Å². The Kier molecular flexibility index (Phi) is 9.13. The van der Waals surface area contributed by atoms with Crippen molar-refractivity contribution in [3.8, 4) is 0 Å². The fourth-order valence-corrected chi connectivity index (χ4v) is 7.18. The Hall–Kier alpha value is -1.43. The number of fused-ring (bicyclic) bond motifs is 1. The van der Waals surface area contributed by atoms with Crippen molar-refractivity contribution in [3.63, 3.8) is 0 Å². The fourth-order valence-electron chi connectivity index (χ4n) is 4.50. The molecule has 1 fully saturated rings. The Morgan fingerprint density at radius 1 is 1.23 bits per heavy atom. The average molecular weight is 645 g/mol. The van der Waals surface area contributed by atoms with Gasteiger partial charge in [-0.2, -0.15) is 0 Å². The van der Waals surface area contributed by atoms with Crippen LogP contribution in [0.25, 0.3) is 0 Å². The quantitative estimate of drug-likeness (QED) is 0.194. The minimum atomic E-state index is -1.36. The first kappa shape index (κ1) is 32.1. The number of benzene rings is 1. The van der Waals surface area contributed by atoms with E-state index in [1.165, 1.54) is 22.7 Å². The molecule has 1 aliphatic carbocycles. The molecular formula is C28H43BrFN3O4SSi. The predicted octanol–water partition coefficient (Wildman–Crippen LogP) is 7.13. The molecule has 3 atom stereocenters. The summed E-state index contributed by atoms with van der Waals surface area (Å²) in [6.07, 6.45) is -0.127. The highest BCUT2D eigenvalue weighted by Crippen LogP contribution is 2.67. The number of carbonyl (C=O) groups is 2. The lowest BCUT2D eigenvalue weighted by molar-refractivity contribution is -0.123. The summed E-state index contributed by atoms with van der Waals surface area (Å²) in [6.45, 7) is 20.2. The molecule has 0 radical (unpaired) electrons. The van der Waals surface area contributed by atoms with E-state index in [0.717, 1.165) is 6.04 Å². The SMILES string of the molecule is CC(C)(C)NC(=O)[C@]12C[C@H]1[C@@](C)(c1cc(Br)ccc1F)N=C(N(COCC[Si](C)(C)C)C(=O)OC(C)(C)C)S2. The predicted molar refractivity (Wildman–Crippen MR) is 162 cm³/mol. The van der Waals surface area contributed by atoms with Gasteiger partial charge in [-0.25, -0.2) is 14.1 Å². The van der Waals surface area contributed by atoms with Gasteiger partial charge in [0.25, 0.3) is 0 Å². The van der Waals surface area contributed by atoms with E-state index in [4.69, 9.17) is 14.5 Å². The van der Waals surface area contributed by atoms with E-state index in [0.29, 0.717) is 23.1 Å². The lowest BCUT2D eigenvalue weighted by Crippen LogP contribution is -2.52. The van der Waals surface area contributed by atoms with Gasteiger partial charge in [-0.3, -0.25) is 9.79 Å². The molecule has 218 valence electrons. The smallest absolute Gasteiger partial charge is 0.418 e. The third kappa shape index (κ3) is 7.86. The summed E-state index contributed by atoms with van der Waals surface area (Å²) < 4.78 is 26.8. The molecule has 0 unspecified atom stereocenters. The number of nitrogens with one attached hydrogen (secondary N) is 1. The lowest BCUT2D eigenvalue weighted by Gasteiger charge is -2.38. The van der Waals surface area contributed by atoms with Crippen LogP contribution >= 0.6 is 27.7 Å². The largest absolute Gasteiger partial charge is 0.443 e. The normalized spacial score (nSPS) is 24.9. The van der Waals surface area contributed by atoms with Crippen molar-refractivity contribution in [1.29, 1.82) is 0 Å². The zero-order chi connectivity index (χ0) is 29.6. The number of hydrogen-bond donors (Lipinski definition) is 1. The van der Waals surface area contributed by atoms with Crippen molar-refractivity contribution in [2.45, 2.75) is 102 Å². The summed E-state index contributed by atoms with van der Waals surface area (Å²) in [7, 11) is -1.36. The Bertz CT molecular complexity index is 1150. The molecule has 7 nitrogen and oxygen atoms in total. The maximum Gasteiger partial charge on any atom is 0.418 e. The minimum Gasteiger partial charge on any atom is -0.443 e. The molecule has 39 heavy (non-hydrogen) atoms. The summed E-state index contributed by atoms with van der Waals surface area (Å²) in [5.74, 6) is -0.830. The topological polar surface area (TPSA) is 80.2 Å². The maximum absolute atomic E-state index is 15.3. The minimum absolute atomic E-state index is 0.0795. The molecule has 1 aromatic carbocycles. The molecule has 1 saturated carbocycles. The van der Waals surface area contributed by atoms with Gasteiger partial charge < -0.3 is 14.8 Å². The second-order valence-corrected chi connectivity index (χ2v) is 21.7. The molecule has 1 aliphatic heterocycles. The zero-order valence-electron chi connectivity index (χ0n) is 24.8. The molecule has 1 heterocycles. The molecule has 0 bridgehead atoms. The Labute approximate surface area is 246 Å². The first-order chi connectivity index (χ1) is 17.7. The lowest BCUT2D eigenvalue weighted by atomic mass is 9.85. The van der Waals surface area contributed by atoms with Crippen LogP contribution < -0.4 is 5.32 Å². The van der Waals surface area contributed by atoms with Crippen LogP contribution in [0.5, 0.6) is 0 Å². The number of halogens is 2. The van der Waals surface area contributed by atoms with Crippen LogP contribution in [0.1, 0.15) is 60.5 Å². The van der Waals surface area contributed by atoms with Gasteiger partial charge in [-0.1, -0.05) is 47.3 Å². The maximum atomic E-state index is 15.3. The van der Waals surface area contributed by atoms with E-state index in [9.17, 15) is 9.59 Å². The molecule has 0 saturated heterocycles. The summed E-state index contributed by atoms with van der Waals surface area (Å²) >= 11 is 4.71. The molecule has 1 N–H and O–H groups in total. The van der Waals surface area contributed by atoms with Gasteiger partial charge in [0.05, 0.1) is 5.54 Å². The number of rotatable bonds is 7. The van der Waals surface area contributed by atoms with Crippen molar-refractivity contribution in [1.82, 2.24) is 10.2 Å². The number of aliphatic imine (C=N–C) groups is 1. The highest BCUT2D eigenvalue weighted by Gasteiger charge is 2.71. The van der Waals surface area contributed by atoms with Crippen LogP contribution in [0.15, 0.2) is 27.7 Å². The van der Waals surface area contributed by atoms with Gasteiger partial charge in [-0.15, -0.1) is 0 Å². The van der Waals surface area contributed by atoms with Gasteiger partial charge in [0.1, 0.15) is 22.9 Å². The standard InChI is InChI=1S/C28H43BrFN3O4SSi/c1-25(2,3)31-22(34)28-16-21(28)27(7,19-15-18(29)11-12-20(19)30)32-23(38-28)33(24(35)37-26(4,5)6)17-36-13-14-39(8,9)10/h11-12,15,21H,13-14,16-17H2,1-10H3,(H,31,34)/t21-,27+,28-/m0/s1. The molecule has 1 aromatic rings. The third-order valence-corrected chi connectivity index (χ3v) is 10.3. The highest BCUT2D eigenvalue weighted by molar-refractivity contribution is 9.10. The molecule has 2 aliphatic rings. The van der Waals surface area contributed by atoms with Gasteiger partial charge in [-0.05, 0) is 79.1 Å². The Morgan fingerprint density at radius 3 is 2.44 bits per heavy atom. The van der Waals surface area contributed by atoms with Gasteiger partial charge in [0.15, 0.2) is 5.17 Å². The van der Waals surface area contributed by atoms with Crippen molar-refractivity contribution >= 4 is 52.9 Å². The number of thioether (sulfide) groups is 1. The molecule has 2 amide bonds. The number of amidine groups is 1. The Morgan fingerprint density at radius 2 is 1.87 bits per heavy atom. The van der Waals surface area contributed by atoms with Crippen LogP contribution in [-0.4, -0.2) is 59.4 Å². The number of carbonyl (C=O) groups excluding carboxylic acids is 2. The van der Waals surface area contributed by atoms with Crippen LogP contribution in [0, 0.1) is 11.7 Å². The van der Waals surface area contributed by atoms with E-state index in [1.54, 1.807) is 32.9 Å². The molecule has 11 heteroatoms. The van der Waals surface area contributed by atoms with E-state index < -0.39 is 41.4 Å². The van der Waals surface area contributed by atoms with E-state index in [1.807, 2.05) is 27.7 Å². The van der Waals surface area contributed by atoms with Gasteiger partial charge in [0.2, 0.25) is 5.91 Å². The van der Waals surface area contributed by atoms with Gasteiger partial charge >= 0.3 is 6.09 Å². The van der Waals surface area contributed by atoms with Crippen molar-refractivity contribution in [2.75, 3.05) is 13.3 Å². The van der Waals surface area contributed by atoms with Crippen LogP contribution in [0.2, 0.25) is 25.7 Å². The zero-order valence-corrected chi connectivity index (χ0v) is 28.2. The number of amides is 2. The highest BCUT2D eigenvalue weighted by atomic mass is 79.9. The summed E-state index contributed by atoms with van der Waals surface area (Å²) in [4.78, 5) is 33.6. The first-order valence-electron chi connectivity index (χ1n) is 13.3. The average Bonchev–Trinajstić information content (AvgIpc) is 3.49. The Balaban J connectivity index is 2.08. The van der Waals surface area contributed by atoms with Crippen molar-refractivity contribution in [3.05, 3.63) is 34.1 Å². The van der Waals surface area contributed by atoms with E-state index >= 15 is 4.39 Å². The van der Waals surface area contributed by atoms with E-state index in [-0.39, 0.29) is 23.7 Å². The molecular weight excluding hydrogens is 601 g/mol. The third-order valence-electron chi connectivity index (χ3n) is 6.60. The number of nitrogens with zero attached hydrogens (tertiary/aromatic N) is 2. The summed E-state index contributed by atoms with van der Waals surface area (Å²) in [5, 5.41) is 3.39. The van der Waals surface area contributed by atoms with Gasteiger partial charge in [0, 0.05) is 36.2 Å². The van der Waals surface area contributed by atoms with Crippen molar-refractivity contribution in [2.24, 2.45) is 10.9 Å². The van der Waals surface area contributed by atoms with Crippen molar-refractivity contribution < 1.29 is 23.5 Å². The second-order valence-electron chi connectivity index (χ2n) is 13.9. The van der Waals surface area contributed by atoms with Crippen LogP contribution in [-0.2, 0) is 19.8 Å². The molecule has 0 spiro atoms. The molecule has 0 aromatic heterocycles. The van der Waals surface area contributed by atoms with Crippen LogP contribution in [0.4, 0.5) is 9.18 Å². The monoisotopic (exact) mass is 643 g/mol. The number of ether oxygens (including phenoxy) is 2. The summed E-state index contributed by atoms with van der Waals surface area (Å²) in [6, 6.07) is 5.66. The van der Waals surface area contributed by atoms with E-state index in [2.05, 4.69) is 40.9 Å². The first-order valence-corrected chi connectivity index (χ1v) is 18.6. The molecule has 3 rings (SSSR count). The fraction of sp³-hybridized carbons (Fsp3) is 0.679. The second kappa shape index (κ2) is 11.1. The summed E-state index contributed by atoms with van der Waals surface area (Å²) in [5.41, 5.74) is -1.94.